The zero-order valence-corrected chi connectivity index (χ0v) is 10.5. The summed E-state index contributed by atoms with van der Waals surface area (Å²) in [6.45, 7) is 0. The van der Waals surface area contributed by atoms with Gasteiger partial charge in [0.2, 0.25) is 5.82 Å². The van der Waals surface area contributed by atoms with Gasteiger partial charge in [0.25, 0.3) is 5.89 Å². The maximum Gasteiger partial charge on any atom is 0.251 e. The number of hydrogen-bond donors (Lipinski definition) is 1. The van der Waals surface area contributed by atoms with Crippen molar-refractivity contribution in [2.75, 3.05) is 5.73 Å². The minimum atomic E-state index is 0.396. The van der Waals surface area contributed by atoms with Crippen molar-refractivity contribution in [2.45, 2.75) is 0 Å². The second kappa shape index (κ2) is 5.31. The van der Waals surface area contributed by atoms with Gasteiger partial charge in [0.15, 0.2) is 0 Å². The first-order valence-electron chi connectivity index (χ1n) is 5.95. The van der Waals surface area contributed by atoms with E-state index in [0.717, 1.165) is 5.56 Å². The van der Waals surface area contributed by atoms with E-state index in [1.54, 1.807) is 24.7 Å². The summed E-state index contributed by atoms with van der Waals surface area (Å²) in [6, 6.07) is 7.51. The molecule has 0 saturated carbocycles. The van der Waals surface area contributed by atoms with E-state index >= 15 is 0 Å². The van der Waals surface area contributed by atoms with Crippen molar-refractivity contribution in [1.29, 1.82) is 0 Å². The van der Waals surface area contributed by atoms with Crippen LogP contribution in [0.3, 0.4) is 0 Å². The molecule has 0 fully saturated rings. The number of rotatable bonds is 3. The highest BCUT2D eigenvalue weighted by molar-refractivity contribution is 5.68. The molecule has 0 unspecified atom stereocenters. The van der Waals surface area contributed by atoms with Crippen LogP contribution in [0, 0.1) is 0 Å². The monoisotopic (exact) mass is 265 g/mol. The summed E-state index contributed by atoms with van der Waals surface area (Å²) in [5, 5.41) is 3.85. The van der Waals surface area contributed by atoms with Gasteiger partial charge in [0.05, 0.1) is 6.20 Å². The van der Waals surface area contributed by atoms with Gasteiger partial charge in [-0.05, 0) is 23.8 Å². The van der Waals surface area contributed by atoms with E-state index in [0.29, 0.717) is 23.1 Å². The van der Waals surface area contributed by atoms with Crippen molar-refractivity contribution in [2.24, 2.45) is 0 Å². The molecule has 3 rings (SSSR count). The van der Waals surface area contributed by atoms with E-state index in [1.165, 1.54) is 0 Å². The summed E-state index contributed by atoms with van der Waals surface area (Å²) >= 11 is 0. The van der Waals surface area contributed by atoms with Gasteiger partial charge in [0, 0.05) is 24.2 Å². The third-order valence-corrected chi connectivity index (χ3v) is 2.56. The molecule has 0 amide bonds. The summed E-state index contributed by atoms with van der Waals surface area (Å²) in [7, 11) is 0. The highest BCUT2D eigenvalue weighted by Gasteiger charge is 2.07. The fourth-order valence-corrected chi connectivity index (χ4v) is 1.65. The van der Waals surface area contributed by atoms with Crippen molar-refractivity contribution >= 4 is 17.8 Å². The van der Waals surface area contributed by atoms with Gasteiger partial charge in [-0.25, -0.2) is 4.98 Å². The summed E-state index contributed by atoms with van der Waals surface area (Å²) in [5.41, 5.74) is 7.95. The molecule has 6 nitrogen and oxygen atoms in total. The summed E-state index contributed by atoms with van der Waals surface area (Å²) in [6.07, 6.45) is 8.32. The predicted octanol–water partition coefficient (Wildman–Crippen LogP) is 2.28. The predicted molar refractivity (Wildman–Crippen MR) is 75.1 cm³/mol. The van der Waals surface area contributed by atoms with Crippen LogP contribution in [-0.2, 0) is 0 Å². The SMILES string of the molecule is Nc1cccc(/C=C/c2nc(-c3cnccn3)no2)c1. The van der Waals surface area contributed by atoms with E-state index < -0.39 is 0 Å². The number of aromatic nitrogens is 4. The van der Waals surface area contributed by atoms with Crippen LogP contribution in [0.5, 0.6) is 0 Å². The number of benzene rings is 1. The average Bonchev–Trinajstić information content (AvgIpc) is 2.95. The Labute approximate surface area is 115 Å². The first-order valence-corrected chi connectivity index (χ1v) is 5.95. The highest BCUT2D eigenvalue weighted by Crippen LogP contribution is 2.14. The summed E-state index contributed by atoms with van der Waals surface area (Å²) < 4.78 is 5.12. The molecule has 0 aliphatic heterocycles. The second-order valence-electron chi connectivity index (χ2n) is 4.05. The maximum absolute atomic E-state index is 5.71. The smallest absolute Gasteiger partial charge is 0.251 e. The Hall–Kier alpha value is -3.02. The molecule has 0 atom stereocenters. The van der Waals surface area contributed by atoms with Crippen LogP contribution in [0.4, 0.5) is 5.69 Å². The molecule has 0 aliphatic carbocycles. The Morgan fingerprint density at radius 2 is 2.10 bits per heavy atom. The largest absolute Gasteiger partial charge is 0.399 e. The highest BCUT2D eigenvalue weighted by atomic mass is 16.5. The topological polar surface area (TPSA) is 90.7 Å². The Morgan fingerprint density at radius 3 is 2.90 bits per heavy atom. The Kier molecular flexibility index (Phi) is 3.20. The molecule has 0 saturated heterocycles. The zero-order valence-electron chi connectivity index (χ0n) is 10.5. The fourth-order valence-electron chi connectivity index (χ4n) is 1.65. The molecule has 20 heavy (non-hydrogen) atoms. The van der Waals surface area contributed by atoms with E-state index in [9.17, 15) is 0 Å². The van der Waals surface area contributed by atoms with Gasteiger partial charge in [-0.2, -0.15) is 4.98 Å². The molecular formula is C14H11N5O. The van der Waals surface area contributed by atoms with Crippen LogP contribution in [0.1, 0.15) is 11.5 Å². The van der Waals surface area contributed by atoms with Gasteiger partial charge < -0.3 is 10.3 Å². The van der Waals surface area contributed by atoms with Crippen molar-refractivity contribution < 1.29 is 4.52 Å². The maximum atomic E-state index is 5.71. The molecule has 0 bridgehead atoms. The van der Waals surface area contributed by atoms with Crippen LogP contribution >= 0.6 is 0 Å². The van der Waals surface area contributed by atoms with Gasteiger partial charge in [0.1, 0.15) is 5.69 Å². The molecule has 6 heteroatoms. The van der Waals surface area contributed by atoms with Crippen molar-refractivity contribution in [3.63, 3.8) is 0 Å². The van der Waals surface area contributed by atoms with Crippen LogP contribution in [0.15, 0.2) is 47.4 Å². The Bertz CT molecular complexity index is 736. The number of hydrogen-bond acceptors (Lipinski definition) is 6. The lowest BCUT2D eigenvalue weighted by atomic mass is 10.2. The molecule has 2 N–H and O–H groups in total. The minimum absolute atomic E-state index is 0.396. The quantitative estimate of drug-likeness (QED) is 0.730. The van der Waals surface area contributed by atoms with Crippen molar-refractivity contribution in [3.8, 4) is 11.5 Å². The standard InChI is InChI=1S/C14H11N5O/c15-11-3-1-2-10(8-11)4-5-13-18-14(19-20-13)12-9-16-6-7-17-12/h1-9H,15H2/b5-4+. The average molecular weight is 265 g/mol. The minimum Gasteiger partial charge on any atom is -0.399 e. The van der Waals surface area contributed by atoms with Gasteiger partial charge in [-0.3, -0.25) is 4.98 Å². The summed E-state index contributed by atoms with van der Waals surface area (Å²) in [4.78, 5) is 12.3. The van der Waals surface area contributed by atoms with Crippen LogP contribution < -0.4 is 5.73 Å². The first-order chi connectivity index (χ1) is 9.81. The van der Waals surface area contributed by atoms with Gasteiger partial charge in [-0.1, -0.05) is 17.3 Å². The van der Waals surface area contributed by atoms with E-state index in [1.807, 2.05) is 30.3 Å². The molecule has 3 aromatic rings. The first kappa shape index (κ1) is 12.0. The number of nitrogen functional groups attached to an aromatic ring is 1. The van der Waals surface area contributed by atoms with Crippen molar-refractivity contribution in [3.05, 3.63) is 54.3 Å². The number of nitrogens with zero attached hydrogens (tertiary/aromatic N) is 4. The van der Waals surface area contributed by atoms with Gasteiger partial charge in [-0.15, -0.1) is 0 Å². The zero-order chi connectivity index (χ0) is 13.8. The van der Waals surface area contributed by atoms with Crippen LogP contribution in [0.25, 0.3) is 23.7 Å². The summed E-state index contributed by atoms with van der Waals surface area (Å²) in [5.74, 6) is 0.804. The Balaban J connectivity index is 1.81. The van der Waals surface area contributed by atoms with Crippen molar-refractivity contribution in [1.82, 2.24) is 20.1 Å². The molecule has 2 aromatic heterocycles. The van der Waals surface area contributed by atoms with Crippen LogP contribution in [-0.4, -0.2) is 20.1 Å². The van der Waals surface area contributed by atoms with E-state index in [-0.39, 0.29) is 0 Å². The fraction of sp³-hybridized carbons (Fsp3) is 0. The molecule has 0 spiro atoms. The van der Waals surface area contributed by atoms with E-state index in [4.69, 9.17) is 10.3 Å². The molecule has 0 aliphatic rings. The third kappa shape index (κ3) is 2.69. The van der Waals surface area contributed by atoms with Crippen LogP contribution in [0.2, 0.25) is 0 Å². The molecule has 1 aromatic carbocycles. The normalized spacial score (nSPS) is 11.0. The third-order valence-electron chi connectivity index (χ3n) is 2.56. The Morgan fingerprint density at radius 1 is 1.15 bits per heavy atom. The molecular weight excluding hydrogens is 254 g/mol. The lowest BCUT2D eigenvalue weighted by Crippen LogP contribution is -1.86. The van der Waals surface area contributed by atoms with Gasteiger partial charge >= 0.3 is 0 Å². The lowest BCUT2D eigenvalue weighted by molar-refractivity contribution is 0.411. The number of anilines is 1. The second-order valence-corrected chi connectivity index (χ2v) is 4.05. The lowest BCUT2D eigenvalue weighted by Gasteiger charge is -1.94. The molecule has 98 valence electrons. The number of nitrogens with two attached hydrogens (primary N) is 1. The molecule has 0 radical (unpaired) electrons. The molecule has 2 heterocycles. The van der Waals surface area contributed by atoms with E-state index in [2.05, 4.69) is 20.1 Å².